The molecule has 1 saturated heterocycles. The molecule has 0 bridgehead atoms. The second kappa shape index (κ2) is 5.37. The topological polar surface area (TPSA) is 12.0 Å². The van der Waals surface area contributed by atoms with Crippen molar-refractivity contribution in [2.45, 2.75) is 26.3 Å². The average Bonchev–Trinajstić information content (AvgIpc) is 2.85. The van der Waals surface area contributed by atoms with E-state index in [1.807, 2.05) is 11.3 Å². The van der Waals surface area contributed by atoms with Crippen molar-refractivity contribution >= 4 is 23.1 Å². The number of thioether (sulfide) groups is 1. The van der Waals surface area contributed by atoms with Crippen LogP contribution in [0.5, 0.6) is 0 Å². The van der Waals surface area contributed by atoms with Gasteiger partial charge in [-0.1, -0.05) is 6.92 Å². The fourth-order valence-corrected chi connectivity index (χ4v) is 4.33. The van der Waals surface area contributed by atoms with Crippen molar-refractivity contribution in [1.29, 1.82) is 0 Å². The summed E-state index contributed by atoms with van der Waals surface area (Å²) < 4.78 is 0. The minimum Gasteiger partial charge on any atom is -0.310 e. The largest absolute Gasteiger partial charge is 0.310 e. The Balaban J connectivity index is 2.15. The number of hydrogen-bond donors (Lipinski definition) is 1. The highest BCUT2D eigenvalue weighted by molar-refractivity contribution is 7.99. The fourth-order valence-electron chi connectivity index (χ4n) is 2.28. The molecule has 0 saturated carbocycles. The van der Waals surface area contributed by atoms with Crippen molar-refractivity contribution in [1.82, 2.24) is 5.32 Å². The maximum Gasteiger partial charge on any atom is 0.0367 e. The first-order valence-corrected chi connectivity index (χ1v) is 7.71. The molecule has 0 spiro atoms. The van der Waals surface area contributed by atoms with Crippen molar-refractivity contribution < 1.29 is 0 Å². The summed E-state index contributed by atoms with van der Waals surface area (Å²) in [6.07, 6.45) is 1.37. The molecular weight excluding hydrogens is 222 g/mol. The smallest absolute Gasteiger partial charge is 0.0367 e. The van der Waals surface area contributed by atoms with Crippen molar-refractivity contribution in [2.75, 3.05) is 18.1 Å². The van der Waals surface area contributed by atoms with Gasteiger partial charge in [0.25, 0.3) is 0 Å². The third-order valence-corrected chi connectivity index (χ3v) is 5.14. The zero-order valence-electron chi connectivity index (χ0n) is 9.45. The van der Waals surface area contributed by atoms with E-state index in [9.17, 15) is 0 Å². The zero-order chi connectivity index (χ0) is 10.7. The molecule has 2 unspecified atom stereocenters. The first-order valence-electron chi connectivity index (χ1n) is 5.68. The summed E-state index contributed by atoms with van der Waals surface area (Å²) >= 11 is 3.97. The molecule has 1 aliphatic heterocycles. The molecule has 1 aromatic heterocycles. The lowest BCUT2D eigenvalue weighted by molar-refractivity contribution is 0.401. The van der Waals surface area contributed by atoms with Crippen LogP contribution in [0.15, 0.2) is 11.4 Å². The molecule has 1 N–H and O–H groups in total. The number of aryl methyl sites for hydroxylation is 1. The van der Waals surface area contributed by atoms with Gasteiger partial charge in [-0.05, 0) is 54.3 Å². The Kier molecular flexibility index (Phi) is 4.12. The molecule has 2 rings (SSSR count). The lowest BCUT2D eigenvalue weighted by Crippen LogP contribution is -2.28. The first-order chi connectivity index (χ1) is 7.33. The molecular formula is C12H19NS2. The molecule has 3 heteroatoms. The van der Waals surface area contributed by atoms with Crippen molar-refractivity contribution in [3.63, 3.8) is 0 Å². The van der Waals surface area contributed by atoms with Crippen LogP contribution >= 0.6 is 23.1 Å². The summed E-state index contributed by atoms with van der Waals surface area (Å²) in [4.78, 5) is 1.48. The second-order valence-corrected chi connectivity index (χ2v) is 6.36. The Morgan fingerprint density at radius 1 is 1.60 bits per heavy atom. The number of hydrogen-bond acceptors (Lipinski definition) is 3. The summed E-state index contributed by atoms with van der Waals surface area (Å²) in [6, 6.07) is 2.90. The molecule has 84 valence electrons. The molecule has 0 aliphatic carbocycles. The number of thiophene rings is 1. The van der Waals surface area contributed by atoms with Crippen LogP contribution in [0.2, 0.25) is 0 Å². The van der Waals surface area contributed by atoms with Crippen molar-refractivity contribution in [3.8, 4) is 0 Å². The zero-order valence-corrected chi connectivity index (χ0v) is 11.1. The SMILES string of the molecule is CCNC(c1ccsc1C)C1CCSC1. The van der Waals surface area contributed by atoms with Crippen molar-refractivity contribution in [3.05, 3.63) is 21.9 Å². The predicted octanol–water partition coefficient (Wildman–Crippen LogP) is 3.46. The first kappa shape index (κ1) is 11.5. The van der Waals surface area contributed by atoms with Crippen LogP contribution in [0, 0.1) is 12.8 Å². The van der Waals surface area contributed by atoms with Crippen LogP contribution in [0.4, 0.5) is 0 Å². The lowest BCUT2D eigenvalue weighted by Gasteiger charge is -2.24. The molecule has 1 nitrogen and oxygen atoms in total. The molecule has 1 fully saturated rings. The average molecular weight is 241 g/mol. The summed E-state index contributed by atoms with van der Waals surface area (Å²) in [5, 5.41) is 5.88. The maximum atomic E-state index is 3.66. The van der Waals surface area contributed by atoms with Gasteiger partial charge in [-0.15, -0.1) is 11.3 Å². The Morgan fingerprint density at radius 2 is 2.47 bits per heavy atom. The van der Waals surface area contributed by atoms with E-state index in [1.54, 1.807) is 0 Å². The standard InChI is InChI=1S/C12H19NS2/c1-3-13-12(10-4-6-14-8-10)11-5-7-15-9(11)2/h5,7,10,12-13H,3-4,6,8H2,1-2H3. The third-order valence-electron chi connectivity index (χ3n) is 3.09. The summed E-state index contributed by atoms with van der Waals surface area (Å²) in [5.74, 6) is 3.51. The molecule has 2 heterocycles. The lowest BCUT2D eigenvalue weighted by atomic mass is 9.93. The van der Waals surface area contributed by atoms with Crippen LogP contribution in [-0.4, -0.2) is 18.1 Å². The Hall–Kier alpha value is 0.01000. The number of nitrogens with one attached hydrogen (secondary N) is 1. The molecule has 2 atom stereocenters. The van der Waals surface area contributed by atoms with E-state index in [4.69, 9.17) is 0 Å². The van der Waals surface area contributed by atoms with Crippen molar-refractivity contribution in [2.24, 2.45) is 5.92 Å². The van der Waals surface area contributed by atoms with Crippen LogP contribution in [0.1, 0.15) is 29.8 Å². The molecule has 1 aliphatic rings. The highest BCUT2D eigenvalue weighted by Gasteiger charge is 2.27. The Morgan fingerprint density at radius 3 is 3.00 bits per heavy atom. The van der Waals surface area contributed by atoms with Gasteiger partial charge in [-0.25, -0.2) is 0 Å². The van der Waals surface area contributed by atoms with Gasteiger partial charge in [0, 0.05) is 10.9 Å². The van der Waals surface area contributed by atoms with Gasteiger partial charge in [0.2, 0.25) is 0 Å². The molecule has 15 heavy (non-hydrogen) atoms. The molecule has 0 aromatic carbocycles. The van der Waals surface area contributed by atoms with E-state index in [0.29, 0.717) is 6.04 Å². The van der Waals surface area contributed by atoms with Gasteiger partial charge in [0.15, 0.2) is 0 Å². The van der Waals surface area contributed by atoms with E-state index < -0.39 is 0 Å². The van der Waals surface area contributed by atoms with Gasteiger partial charge in [-0.2, -0.15) is 11.8 Å². The minimum atomic E-state index is 0.594. The van der Waals surface area contributed by atoms with Crippen LogP contribution in [0.3, 0.4) is 0 Å². The van der Waals surface area contributed by atoms with E-state index in [1.165, 1.54) is 28.4 Å². The third kappa shape index (κ3) is 2.58. The number of rotatable bonds is 4. The monoisotopic (exact) mass is 241 g/mol. The highest BCUT2D eigenvalue weighted by atomic mass is 32.2. The maximum absolute atomic E-state index is 3.66. The molecule has 0 amide bonds. The Labute approximate surface area is 101 Å². The molecule has 1 aromatic rings. The van der Waals surface area contributed by atoms with E-state index in [-0.39, 0.29) is 0 Å². The summed E-state index contributed by atoms with van der Waals surface area (Å²) in [5.41, 5.74) is 1.54. The van der Waals surface area contributed by atoms with E-state index in [2.05, 4.69) is 42.4 Å². The van der Waals surface area contributed by atoms with Gasteiger partial charge in [-0.3, -0.25) is 0 Å². The normalized spacial score (nSPS) is 23.2. The predicted molar refractivity (Wildman–Crippen MR) is 70.9 cm³/mol. The van der Waals surface area contributed by atoms with Gasteiger partial charge >= 0.3 is 0 Å². The minimum absolute atomic E-state index is 0.594. The fraction of sp³-hybridized carbons (Fsp3) is 0.667. The van der Waals surface area contributed by atoms with Gasteiger partial charge in [0.1, 0.15) is 0 Å². The summed E-state index contributed by atoms with van der Waals surface area (Å²) in [7, 11) is 0. The van der Waals surface area contributed by atoms with Crippen LogP contribution < -0.4 is 5.32 Å². The van der Waals surface area contributed by atoms with E-state index >= 15 is 0 Å². The van der Waals surface area contributed by atoms with Crippen LogP contribution in [-0.2, 0) is 0 Å². The second-order valence-electron chi connectivity index (χ2n) is 4.09. The van der Waals surface area contributed by atoms with Crippen LogP contribution in [0.25, 0.3) is 0 Å². The van der Waals surface area contributed by atoms with Gasteiger partial charge in [0.05, 0.1) is 0 Å². The highest BCUT2D eigenvalue weighted by Crippen LogP contribution is 2.36. The van der Waals surface area contributed by atoms with E-state index in [0.717, 1.165) is 12.5 Å². The molecule has 0 radical (unpaired) electrons. The summed E-state index contributed by atoms with van der Waals surface area (Å²) in [6.45, 7) is 5.52. The Bertz CT molecular complexity index is 302. The quantitative estimate of drug-likeness (QED) is 0.866. The van der Waals surface area contributed by atoms with Gasteiger partial charge < -0.3 is 5.32 Å².